The zero-order chi connectivity index (χ0) is 25.8. The van der Waals surface area contributed by atoms with Crippen molar-refractivity contribution in [3.8, 4) is 16.9 Å². The smallest absolute Gasteiger partial charge is 0.276 e. The van der Waals surface area contributed by atoms with Gasteiger partial charge in [-0.15, -0.1) is 0 Å². The highest BCUT2D eigenvalue weighted by Crippen LogP contribution is 2.23. The second-order valence-corrected chi connectivity index (χ2v) is 9.05. The van der Waals surface area contributed by atoms with Crippen LogP contribution in [0.5, 0.6) is 5.75 Å². The molecule has 0 aliphatic heterocycles. The lowest BCUT2D eigenvalue weighted by Gasteiger charge is -2.08. The summed E-state index contributed by atoms with van der Waals surface area (Å²) in [6, 6.07) is 28.1. The fraction of sp³-hybridized carbons (Fsp3) is 0.167. The average molecular weight is 492 g/mol. The zero-order valence-electron chi connectivity index (χ0n) is 21.2. The van der Waals surface area contributed by atoms with Crippen molar-refractivity contribution in [3.63, 3.8) is 0 Å². The van der Waals surface area contributed by atoms with Crippen LogP contribution in [0.1, 0.15) is 33.0 Å². The molecule has 2 aromatic heterocycles. The molecule has 0 unspecified atom stereocenters. The second kappa shape index (κ2) is 10.5. The summed E-state index contributed by atoms with van der Waals surface area (Å²) < 4.78 is 9.36. The molecule has 0 saturated carbocycles. The molecule has 0 bridgehead atoms. The van der Waals surface area contributed by atoms with Gasteiger partial charge in [0, 0.05) is 6.20 Å². The fourth-order valence-corrected chi connectivity index (χ4v) is 4.15. The number of hydrogen-bond acceptors (Lipinski definition) is 4. The molecule has 1 amide bonds. The van der Waals surface area contributed by atoms with E-state index in [2.05, 4.69) is 58.8 Å². The summed E-state index contributed by atoms with van der Waals surface area (Å²) in [5.74, 6) is 0.445. The largest absolute Gasteiger partial charge is 0.471 e. The minimum Gasteiger partial charge on any atom is -0.471 e. The van der Waals surface area contributed by atoms with Gasteiger partial charge in [0.15, 0.2) is 12.4 Å². The van der Waals surface area contributed by atoms with Crippen LogP contribution in [0.4, 0.5) is 5.69 Å². The molecule has 0 fully saturated rings. The highest BCUT2D eigenvalue weighted by atomic mass is 16.5. The van der Waals surface area contributed by atoms with Gasteiger partial charge >= 0.3 is 0 Å². The van der Waals surface area contributed by atoms with E-state index in [1.54, 1.807) is 16.9 Å². The number of benzene rings is 3. The third kappa shape index (κ3) is 5.62. The molecule has 0 radical (unpaired) electrons. The molecular weight excluding hydrogens is 462 g/mol. The van der Waals surface area contributed by atoms with Crippen LogP contribution in [0.25, 0.3) is 11.1 Å². The van der Waals surface area contributed by atoms with E-state index in [-0.39, 0.29) is 12.6 Å². The fourth-order valence-electron chi connectivity index (χ4n) is 4.15. The van der Waals surface area contributed by atoms with E-state index in [1.807, 2.05) is 61.0 Å². The molecule has 5 rings (SSSR count). The number of carbonyl (C=O) groups is 1. The normalized spacial score (nSPS) is 10.9. The standard InChI is InChI=1S/C30H29N5O2/c1-21-9-11-24(12-10-21)19-35-23(3)29(22(2)32-35)31-30(36)28-17-18-34(33-28)20-37-27-15-13-26(14-16-27)25-7-5-4-6-8-25/h4-18H,19-20H2,1-3H3,(H,31,36). The Labute approximate surface area is 216 Å². The third-order valence-corrected chi connectivity index (χ3v) is 6.27. The summed E-state index contributed by atoms with van der Waals surface area (Å²) >= 11 is 0. The first kappa shape index (κ1) is 24.1. The number of nitrogens with one attached hydrogen (secondary N) is 1. The van der Waals surface area contributed by atoms with Gasteiger partial charge in [0.1, 0.15) is 5.75 Å². The Kier molecular flexibility index (Phi) is 6.85. The Hall–Kier alpha value is -4.65. The van der Waals surface area contributed by atoms with Gasteiger partial charge in [0.25, 0.3) is 5.91 Å². The van der Waals surface area contributed by atoms with Crippen LogP contribution < -0.4 is 10.1 Å². The molecule has 7 nitrogen and oxygen atoms in total. The SMILES string of the molecule is Cc1ccc(Cn2nc(C)c(NC(=O)c3ccn(COc4ccc(-c5ccccc5)cc4)n3)c2C)cc1. The van der Waals surface area contributed by atoms with E-state index in [1.165, 1.54) is 5.56 Å². The van der Waals surface area contributed by atoms with Crippen molar-refractivity contribution in [2.75, 3.05) is 5.32 Å². The van der Waals surface area contributed by atoms with E-state index in [4.69, 9.17) is 4.74 Å². The average Bonchev–Trinajstić information content (AvgIpc) is 3.50. The molecule has 5 aromatic rings. The summed E-state index contributed by atoms with van der Waals surface area (Å²) in [5, 5.41) is 12.0. The molecule has 0 spiro atoms. The van der Waals surface area contributed by atoms with Crippen LogP contribution in [-0.4, -0.2) is 25.5 Å². The van der Waals surface area contributed by atoms with Crippen LogP contribution in [0.3, 0.4) is 0 Å². The maximum absolute atomic E-state index is 12.9. The van der Waals surface area contributed by atoms with Gasteiger partial charge in [-0.25, -0.2) is 4.68 Å². The van der Waals surface area contributed by atoms with Gasteiger partial charge in [0.05, 0.1) is 23.6 Å². The van der Waals surface area contributed by atoms with Crippen molar-refractivity contribution >= 4 is 11.6 Å². The van der Waals surface area contributed by atoms with Crippen LogP contribution in [-0.2, 0) is 13.3 Å². The van der Waals surface area contributed by atoms with Crippen LogP contribution >= 0.6 is 0 Å². The maximum Gasteiger partial charge on any atom is 0.276 e. The van der Waals surface area contributed by atoms with Crippen LogP contribution in [0.15, 0.2) is 91.1 Å². The Morgan fingerprint density at radius 1 is 0.838 bits per heavy atom. The number of ether oxygens (including phenoxy) is 1. The van der Waals surface area contributed by atoms with Crippen molar-refractivity contribution in [2.24, 2.45) is 0 Å². The molecule has 7 heteroatoms. The Bertz CT molecular complexity index is 1500. The molecule has 186 valence electrons. The third-order valence-electron chi connectivity index (χ3n) is 6.27. The predicted octanol–water partition coefficient (Wildman–Crippen LogP) is 6.01. The number of carbonyl (C=O) groups excluding carboxylic acids is 1. The van der Waals surface area contributed by atoms with E-state index in [0.717, 1.165) is 33.8 Å². The van der Waals surface area contributed by atoms with Crippen LogP contribution in [0.2, 0.25) is 0 Å². The topological polar surface area (TPSA) is 74.0 Å². The highest BCUT2D eigenvalue weighted by Gasteiger charge is 2.17. The Balaban J connectivity index is 1.20. The molecular formula is C30H29N5O2. The molecule has 0 atom stereocenters. The number of nitrogens with zero attached hydrogens (tertiary/aromatic N) is 4. The van der Waals surface area contributed by atoms with Crippen molar-refractivity contribution in [1.29, 1.82) is 0 Å². The number of aryl methyl sites for hydroxylation is 2. The van der Waals surface area contributed by atoms with Crippen molar-refractivity contribution in [3.05, 3.63) is 119 Å². The van der Waals surface area contributed by atoms with Crippen LogP contribution in [0, 0.1) is 20.8 Å². The van der Waals surface area contributed by atoms with Crippen molar-refractivity contribution in [1.82, 2.24) is 19.6 Å². The van der Waals surface area contributed by atoms with Gasteiger partial charge < -0.3 is 10.1 Å². The molecule has 2 heterocycles. The molecule has 1 N–H and O–H groups in total. The van der Waals surface area contributed by atoms with E-state index < -0.39 is 0 Å². The first-order valence-corrected chi connectivity index (χ1v) is 12.2. The number of aromatic nitrogens is 4. The molecule has 0 aliphatic rings. The highest BCUT2D eigenvalue weighted by molar-refractivity contribution is 6.03. The minimum atomic E-state index is -0.285. The first-order valence-electron chi connectivity index (χ1n) is 12.2. The number of amides is 1. The molecule has 0 saturated heterocycles. The second-order valence-electron chi connectivity index (χ2n) is 9.05. The number of anilines is 1. The Morgan fingerprint density at radius 2 is 1.54 bits per heavy atom. The maximum atomic E-state index is 12.9. The predicted molar refractivity (Wildman–Crippen MR) is 145 cm³/mol. The summed E-state index contributed by atoms with van der Waals surface area (Å²) in [6.07, 6.45) is 1.73. The van der Waals surface area contributed by atoms with Gasteiger partial charge in [-0.2, -0.15) is 10.2 Å². The number of rotatable bonds is 8. The van der Waals surface area contributed by atoms with E-state index >= 15 is 0 Å². The number of hydrogen-bond donors (Lipinski definition) is 1. The summed E-state index contributed by atoms with van der Waals surface area (Å²) in [6.45, 7) is 6.76. The summed E-state index contributed by atoms with van der Waals surface area (Å²) in [5.41, 5.74) is 7.34. The van der Waals surface area contributed by atoms with Gasteiger partial charge in [-0.05, 0) is 55.7 Å². The quantitative estimate of drug-likeness (QED) is 0.289. The lowest BCUT2D eigenvalue weighted by molar-refractivity contribution is 0.102. The van der Waals surface area contributed by atoms with Crippen molar-refractivity contribution in [2.45, 2.75) is 34.0 Å². The minimum absolute atomic E-state index is 0.199. The van der Waals surface area contributed by atoms with Gasteiger partial charge in [-0.3, -0.25) is 9.48 Å². The van der Waals surface area contributed by atoms with Gasteiger partial charge in [0.2, 0.25) is 0 Å². The monoisotopic (exact) mass is 491 g/mol. The van der Waals surface area contributed by atoms with E-state index in [0.29, 0.717) is 17.9 Å². The summed E-state index contributed by atoms with van der Waals surface area (Å²) in [7, 11) is 0. The molecule has 3 aromatic carbocycles. The Morgan fingerprint density at radius 3 is 2.27 bits per heavy atom. The lowest BCUT2D eigenvalue weighted by atomic mass is 10.1. The molecule has 0 aliphatic carbocycles. The zero-order valence-corrected chi connectivity index (χ0v) is 21.2. The van der Waals surface area contributed by atoms with Gasteiger partial charge in [-0.1, -0.05) is 72.3 Å². The lowest BCUT2D eigenvalue weighted by Crippen LogP contribution is -2.15. The van der Waals surface area contributed by atoms with Crippen molar-refractivity contribution < 1.29 is 9.53 Å². The van der Waals surface area contributed by atoms with E-state index in [9.17, 15) is 4.79 Å². The summed E-state index contributed by atoms with van der Waals surface area (Å²) in [4.78, 5) is 12.9. The molecule has 37 heavy (non-hydrogen) atoms. The first-order chi connectivity index (χ1) is 18.0.